The predicted octanol–water partition coefficient (Wildman–Crippen LogP) is 0.897. The summed E-state index contributed by atoms with van der Waals surface area (Å²) in [5.41, 5.74) is 5.65. The van der Waals surface area contributed by atoms with Crippen LogP contribution in [0.3, 0.4) is 0 Å². The van der Waals surface area contributed by atoms with E-state index in [2.05, 4.69) is 21.9 Å². The number of ether oxygens (including phenoxy) is 1. The molecular formula is C10H15N3O3S2. The molecule has 0 amide bonds. The zero-order valence-electron chi connectivity index (χ0n) is 10.1. The Labute approximate surface area is 112 Å². The Morgan fingerprint density at radius 1 is 1.61 bits per heavy atom. The van der Waals surface area contributed by atoms with E-state index < -0.39 is 15.3 Å². The predicted molar refractivity (Wildman–Crippen MR) is 74.2 cm³/mol. The molecular weight excluding hydrogens is 274 g/mol. The molecule has 100 valence electrons. The van der Waals surface area contributed by atoms with Crippen LogP contribution in [-0.4, -0.2) is 30.2 Å². The molecule has 0 spiro atoms. The van der Waals surface area contributed by atoms with Gasteiger partial charge in [0, 0.05) is 6.07 Å². The monoisotopic (exact) mass is 289 g/mol. The number of pyridine rings is 1. The van der Waals surface area contributed by atoms with Crippen LogP contribution in [0, 0.1) is 0 Å². The number of nitrogens with two attached hydrogens (primary N) is 1. The van der Waals surface area contributed by atoms with Crippen LogP contribution in [0.4, 0.5) is 5.69 Å². The molecule has 3 N–H and O–H groups in total. The van der Waals surface area contributed by atoms with Gasteiger partial charge in [0.05, 0.1) is 23.5 Å². The molecule has 0 radical (unpaired) electrons. The van der Waals surface area contributed by atoms with Gasteiger partial charge in [-0.15, -0.1) is 0 Å². The summed E-state index contributed by atoms with van der Waals surface area (Å²) in [4.78, 5) is 3.86. The van der Waals surface area contributed by atoms with E-state index in [1.165, 1.54) is 13.1 Å². The van der Waals surface area contributed by atoms with Crippen LogP contribution in [0.15, 0.2) is 18.3 Å². The van der Waals surface area contributed by atoms with Gasteiger partial charge < -0.3 is 10.5 Å². The number of hydrogen-bond acceptors (Lipinski definition) is 5. The fourth-order valence-corrected chi connectivity index (χ4v) is 2.39. The van der Waals surface area contributed by atoms with Crippen LogP contribution < -0.4 is 15.2 Å². The van der Waals surface area contributed by atoms with Crippen LogP contribution in [0.1, 0.15) is 13.8 Å². The number of sulfonamides is 1. The lowest BCUT2D eigenvalue weighted by Crippen LogP contribution is -2.35. The van der Waals surface area contributed by atoms with E-state index in [0.29, 0.717) is 18.2 Å². The molecule has 0 saturated carbocycles. The summed E-state index contributed by atoms with van der Waals surface area (Å²) >= 11 is 4.66. The molecule has 0 aliphatic heterocycles. The number of anilines is 1. The summed E-state index contributed by atoms with van der Waals surface area (Å²) < 4.78 is 31.1. The van der Waals surface area contributed by atoms with Gasteiger partial charge in [0.15, 0.2) is 0 Å². The van der Waals surface area contributed by atoms with Gasteiger partial charge in [0.2, 0.25) is 15.9 Å². The van der Waals surface area contributed by atoms with Crippen LogP contribution in [0.25, 0.3) is 0 Å². The number of hydrogen-bond donors (Lipinski definition) is 2. The maximum absolute atomic E-state index is 11.8. The van der Waals surface area contributed by atoms with Crippen molar-refractivity contribution >= 4 is 32.9 Å². The van der Waals surface area contributed by atoms with E-state index in [4.69, 9.17) is 10.5 Å². The van der Waals surface area contributed by atoms with Crippen molar-refractivity contribution in [2.24, 2.45) is 5.73 Å². The first-order valence-electron chi connectivity index (χ1n) is 5.26. The first kappa shape index (κ1) is 14.7. The Kier molecular flexibility index (Phi) is 4.85. The Bertz CT molecular complexity index is 514. The quantitative estimate of drug-likeness (QED) is 0.756. The van der Waals surface area contributed by atoms with E-state index in [0.717, 1.165) is 0 Å². The molecule has 1 atom stereocenters. The van der Waals surface area contributed by atoms with Gasteiger partial charge in [-0.1, -0.05) is 12.2 Å². The molecule has 0 aromatic carbocycles. The number of rotatable bonds is 6. The van der Waals surface area contributed by atoms with Gasteiger partial charge in [-0.25, -0.2) is 13.4 Å². The minimum absolute atomic E-state index is 0.0820. The molecule has 1 aromatic heterocycles. The second-order valence-electron chi connectivity index (χ2n) is 3.51. The van der Waals surface area contributed by atoms with E-state index in [-0.39, 0.29) is 4.99 Å². The molecule has 1 aromatic rings. The SMILES string of the molecule is CCOc1ccc(NS(=O)(=O)C(C)C(N)=S)cn1. The molecule has 0 fully saturated rings. The fourth-order valence-electron chi connectivity index (χ4n) is 1.08. The average Bonchev–Trinajstić information content (AvgIpc) is 2.30. The zero-order chi connectivity index (χ0) is 13.8. The minimum Gasteiger partial charge on any atom is -0.478 e. The number of aromatic nitrogens is 1. The Morgan fingerprint density at radius 3 is 2.72 bits per heavy atom. The van der Waals surface area contributed by atoms with Gasteiger partial charge in [-0.05, 0) is 19.9 Å². The van der Waals surface area contributed by atoms with Crippen molar-refractivity contribution in [1.29, 1.82) is 0 Å². The maximum atomic E-state index is 11.8. The Hall–Kier alpha value is -1.41. The van der Waals surface area contributed by atoms with Crippen molar-refractivity contribution in [3.63, 3.8) is 0 Å². The largest absolute Gasteiger partial charge is 0.478 e. The molecule has 0 saturated heterocycles. The number of nitrogens with one attached hydrogen (secondary N) is 1. The summed E-state index contributed by atoms with van der Waals surface area (Å²) in [6, 6.07) is 3.13. The van der Waals surface area contributed by atoms with Crippen LogP contribution in [-0.2, 0) is 10.0 Å². The van der Waals surface area contributed by atoms with Crippen molar-refractivity contribution in [3.05, 3.63) is 18.3 Å². The first-order valence-corrected chi connectivity index (χ1v) is 7.22. The van der Waals surface area contributed by atoms with Crippen molar-refractivity contribution in [2.75, 3.05) is 11.3 Å². The minimum atomic E-state index is -3.63. The lowest BCUT2D eigenvalue weighted by atomic mass is 10.4. The highest BCUT2D eigenvalue weighted by atomic mass is 32.2. The topological polar surface area (TPSA) is 94.3 Å². The first-order chi connectivity index (χ1) is 8.36. The summed E-state index contributed by atoms with van der Waals surface area (Å²) in [6.07, 6.45) is 1.37. The molecule has 1 heterocycles. The highest BCUT2D eigenvalue weighted by Gasteiger charge is 2.23. The molecule has 1 unspecified atom stereocenters. The Morgan fingerprint density at radius 2 is 2.28 bits per heavy atom. The third-order valence-corrected chi connectivity index (χ3v) is 4.36. The third-order valence-electron chi connectivity index (χ3n) is 2.15. The lowest BCUT2D eigenvalue weighted by Gasteiger charge is -2.13. The van der Waals surface area contributed by atoms with Crippen LogP contribution in [0.5, 0.6) is 5.88 Å². The van der Waals surface area contributed by atoms with Crippen molar-refractivity contribution in [2.45, 2.75) is 19.1 Å². The molecule has 0 aliphatic carbocycles. The molecule has 0 aliphatic rings. The molecule has 1 rings (SSSR count). The second-order valence-corrected chi connectivity index (χ2v) is 5.98. The van der Waals surface area contributed by atoms with Crippen molar-refractivity contribution in [1.82, 2.24) is 4.98 Å². The molecule has 18 heavy (non-hydrogen) atoms. The van der Waals surface area contributed by atoms with E-state index >= 15 is 0 Å². The smallest absolute Gasteiger partial charge is 0.241 e. The molecule has 8 heteroatoms. The highest BCUT2D eigenvalue weighted by molar-refractivity contribution is 7.95. The van der Waals surface area contributed by atoms with Gasteiger partial charge >= 0.3 is 0 Å². The maximum Gasteiger partial charge on any atom is 0.241 e. The van der Waals surface area contributed by atoms with Crippen LogP contribution >= 0.6 is 12.2 Å². The van der Waals surface area contributed by atoms with E-state index in [1.807, 2.05) is 6.92 Å². The summed E-state index contributed by atoms with van der Waals surface area (Å²) in [6.45, 7) is 3.76. The standard InChI is InChI=1S/C10H15N3O3S2/c1-3-16-9-5-4-8(6-12-9)13-18(14,15)7(2)10(11)17/h4-7,13H,3H2,1-2H3,(H2,11,17). The van der Waals surface area contributed by atoms with Gasteiger partial charge in [0.1, 0.15) is 5.25 Å². The van der Waals surface area contributed by atoms with Gasteiger partial charge in [0.25, 0.3) is 0 Å². The average molecular weight is 289 g/mol. The Balaban J connectivity index is 2.81. The third kappa shape index (κ3) is 3.81. The molecule has 0 bridgehead atoms. The van der Waals surface area contributed by atoms with E-state index in [1.54, 1.807) is 12.1 Å². The fraction of sp³-hybridized carbons (Fsp3) is 0.400. The molecule has 6 nitrogen and oxygen atoms in total. The number of nitrogens with zero attached hydrogens (tertiary/aromatic N) is 1. The summed E-state index contributed by atoms with van der Waals surface area (Å²) in [5.74, 6) is 0.433. The number of thiocarbonyl (C=S) groups is 1. The van der Waals surface area contributed by atoms with Crippen molar-refractivity contribution < 1.29 is 13.2 Å². The summed E-state index contributed by atoms with van der Waals surface area (Å²) in [7, 11) is -3.63. The van der Waals surface area contributed by atoms with Crippen molar-refractivity contribution in [3.8, 4) is 5.88 Å². The zero-order valence-corrected chi connectivity index (χ0v) is 11.7. The highest BCUT2D eigenvalue weighted by Crippen LogP contribution is 2.14. The summed E-state index contributed by atoms with van der Waals surface area (Å²) in [5, 5.41) is -0.945. The van der Waals surface area contributed by atoms with E-state index in [9.17, 15) is 8.42 Å². The van der Waals surface area contributed by atoms with Gasteiger partial charge in [-0.2, -0.15) is 0 Å². The second kappa shape index (κ2) is 5.96. The van der Waals surface area contributed by atoms with Gasteiger partial charge in [-0.3, -0.25) is 4.72 Å². The van der Waals surface area contributed by atoms with Crippen LogP contribution in [0.2, 0.25) is 0 Å². The lowest BCUT2D eigenvalue weighted by molar-refractivity contribution is 0.327. The normalized spacial score (nSPS) is 12.8.